The molecule has 0 heterocycles. The van der Waals surface area contributed by atoms with E-state index in [9.17, 15) is 0 Å². The lowest BCUT2D eigenvalue weighted by molar-refractivity contribution is 0.128. The molecule has 0 aromatic rings. The van der Waals surface area contributed by atoms with Gasteiger partial charge in [-0.3, -0.25) is 0 Å². The molecule has 0 radical (unpaired) electrons. The summed E-state index contributed by atoms with van der Waals surface area (Å²) in [6.07, 6.45) is 11.0. The van der Waals surface area contributed by atoms with Crippen LogP contribution in [0.5, 0.6) is 0 Å². The van der Waals surface area contributed by atoms with Crippen LogP contribution in [0.1, 0.15) is 72.1 Å². The predicted molar refractivity (Wildman–Crippen MR) is 68.3 cm³/mol. The zero-order valence-electron chi connectivity index (χ0n) is 11.1. The van der Waals surface area contributed by atoms with Crippen LogP contribution in [0.2, 0.25) is 0 Å². The van der Waals surface area contributed by atoms with Gasteiger partial charge in [0.15, 0.2) is 0 Å². The summed E-state index contributed by atoms with van der Waals surface area (Å²) in [6.45, 7) is 8.48. The van der Waals surface area contributed by atoms with E-state index in [1.54, 1.807) is 0 Å². The van der Waals surface area contributed by atoms with Crippen LogP contribution in [0.15, 0.2) is 0 Å². The number of hydrogen-bond donors (Lipinski definition) is 0. The average Bonchev–Trinajstić information content (AvgIpc) is 2.24. The highest BCUT2D eigenvalue weighted by Crippen LogP contribution is 2.19. The van der Waals surface area contributed by atoms with Crippen molar-refractivity contribution in [1.82, 2.24) is 0 Å². The normalized spacial score (nSPS) is 13.0. The highest BCUT2D eigenvalue weighted by atomic mass is 16.5. The summed E-state index contributed by atoms with van der Waals surface area (Å²) >= 11 is 0. The molecule has 0 N–H and O–H groups in total. The Hall–Kier alpha value is -0.0400. The maximum absolute atomic E-state index is 5.44. The fraction of sp³-hybridized carbons (Fsp3) is 1.00. The van der Waals surface area contributed by atoms with E-state index in [0.717, 1.165) is 19.1 Å². The Balaban J connectivity index is 3.44. The van der Waals surface area contributed by atoms with Gasteiger partial charge in [0.05, 0.1) is 0 Å². The third-order valence-corrected chi connectivity index (χ3v) is 3.04. The molecule has 15 heavy (non-hydrogen) atoms. The minimum atomic E-state index is 0.870. The van der Waals surface area contributed by atoms with Crippen LogP contribution in [0.4, 0.5) is 0 Å². The summed E-state index contributed by atoms with van der Waals surface area (Å²) in [7, 11) is 0. The quantitative estimate of drug-likeness (QED) is 0.449. The second-order valence-electron chi connectivity index (χ2n) is 4.49. The molecule has 1 nitrogen and oxygen atoms in total. The van der Waals surface area contributed by atoms with Gasteiger partial charge in [0, 0.05) is 13.2 Å². The van der Waals surface area contributed by atoms with Crippen molar-refractivity contribution in [2.75, 3.05) is 13.2 Å². The number of hydrogen-bond acceptors (Lipinski definition) is 1. The molecule has 0 aliphatic heterocycles. The summed E-state index contributed by atoms with van der Waals surface area (Å²) in [5.74, 6) is 0.915. The molecule has 0 amide bonds. The Bertz CT molecular complexity index is 112. The Morgan fingerprint density at radius 1 is 0.800 bits per heavy atom. The van der Waals surface area contributed by atoms with Crippen LogP contribution in [0, 0.1) is 5.92 Å². The molecule has 0 spiro atoms. The van der Waals surface area contributed by atoms with E-state index < -0.39 is 0 Å². The molecule has 92 valence electrons. The van der Waals surface area contributed by atoms with Gasteiger partial charge in [0.2, 0.25) is 0 Å². The molecule has 0 rings (SSSR count). The van der Waals surface area contributed by atoms with Gasteiger partial charge in [-0.05, 0) is 19.3 Å². The molecule has 0 aliphatic rings. The lowest BCUT2D eigenvalue weighted by Crippen LogP contribution is -2.05. The molecule has 0 aliphatic carbocycles. The monoisotopic (exact) mass is 214 g/mol. The fourth-order valence-corrected chi connectivity index (χ4v) is 2.10. The lowest BCUT2D eigenvalue weighted by atomic mass is 9.93. The van der Waals surface area contributed by atoms with Crippen molar-refractivity contribution in [2.45, 2.75) is 72.1 Å². The maximum Gasteiger partial charge on any atom is 0.0468 e. The second-order valence-corrected chi connectivity index (χ2v) is 4.49. The summed E-state index contributed by atoms with van der Waals surface area (Å²) in [5.41, 5.74) is 0. The summed E-state index contributed by atoms with van der Waals surface area (Å²) in [6, 6.07) is 0. The molecule has 0 saturated carbocycles. The van der Waals surface area contributed by atoms with Crippen LogP contribution < -0.4 is 0 Å². The Labute approximate surface area is 96.6 Å². The van der Waals surface area contributed by atoms with Crippen molar-refractivity contribution in [3.63, 3.8) is 0 Å². The van der Waals surface area contributed by atoms with Gasteiger partial charge in [-0.15, -0.1) is 0 Å². The van der Waals surface area contributed by atoms with Gasteiger partial charge in [0.1, 0.15) is 0 Å². The Morgan fingerprint density at radius 2 is 1.60 bits per heavy atom. The first-order valence-electron chi connectivity index (χ1n) is 6.92. The number of unbranched alkanes of at least 4 members (excludes halogenated alkanes) is 3. The molecule has 1 heteroatoms. The van der Waals surface area contributed by atoms with Crippen LogP contribution in [-0.2, 0) is 4.74 Å². The molecular weight excluding hydrogens is 184 g/mol. The van der Waals surface area contributed by atoms with Gasteiger partial charge in [-0.1, -0.05) is 58.8 Å². The van der Waals surface area contributed by atoms with E-state index in [2.05, 4.69) is 20.8 Å². The number of rotatable bonds is 11. The smallest absolute Gasteiger partial charge is 0.0468 e. The maximum atomic E-state index is 5.44. The van der Waals surface area contributed by atoms with E-state index in [1.165, 1.54) is 51.4 Å². The lowest BCUT2D eigenvalue weighted by Gasteiger charge is -2.15. The van der Waals surface area contributed by atoms with Crippen molar-refractivity contribution in [1.29, 1.82) is 0 Å². The molecule has 0 bridgehead atoms. The van der Waals surface area contributed by atoms with Crippen LogP contribution >= 0.6 is 0 Å². The largest absolute Gasteiger partial charge is 0.382 e. The van der Waals surface area contributed by atoms with Crippen molar-refractivity contribution < 1.29 is 4.74 Å². The first kappa shape index (κ1) is 15.0. The van der Waals surface area contributed by atoms with Crippen molar-refractivity contribution >= 4 is 0 Å². The first-order chi connectivity index (χ1) is 7.35. The fourth-order valence-electron chi connectivity index (χ4n) is 2.10. The third kappa shape index (κ3) is 10.2. The Morgan fingerprint density at radius 3 is 2.20 bits per heavy atom. The molecule has 0 fully saturated rings. The highest BCUT2D eigenvalue weighted by molar-refractivity contribution is 4.59. The SMILES string of the molecule is CCCCCCC(CCC)CCOCC. The van der Waals surface area contributed by atoms with E-state index in [1.807, 2.05) is 0 Å². The topological polar surface area (TPSA) is 9.23 Å². The molecular formula is C14H30O. The van der Waals surface area contributed by atoms with Crippen molar-refractivity contribution in [3.05, 3.63) is 0 Å². The summed E-state index contributed by atoms with van der Waals surface area (Å²) < 4.78 is 5.44. The van der Waals surface area contributed by atoms with Gasteiger partial charge in [-0.25, -0.2) is 0 Å². The minimum Gasteiger partial charge on any atom is -0.382 e. The van der Waals surface area contributed by atoms with Crippen molar-refractivity contribution in [3.8, 4) is 0 Å². The van der Waals surface area contributed by atoms with E-state index in [4.69, 9.17) is 4.74 Å². The molecule has 0 saturated heterocycles. The van der Waals surface area contributed by atoms with E-state index >= 15 is 0 Å². The average molecular weight is 214 g/mol. The Kier molecular flexibility index (Phi) is 12.0. The molecule has 1 atom stereocenters. The van der Waals surface area contributed by atoms with Gasteiger partial charge in [-0.2, -0.15) is 0 Å². The van der Waals surface area contributed by atoms with E-state index in [0.29, 0.717) is 0 Å². The van der Waals surface area contributed by atoms with Crippen LogP contribution in [0.25, 0.3) is 0 Å². The van der Waals surface area contributed by atoms with Crippen molar-refractivity contribution in [2.24, 2.45) is 5.92 Å². The summed E-state index contributed by atoms with van der Waals surface area (Å²) in [5, 5.41) is 0. The van der Waals surface area contributed by atoms with Gasteiger partial charge < -0.3 is 4.74 Å². The van der Waals surface area contributed by atoms with Crippen LogP contribution in [0.3, 0.4) is 0 Å². The minimum absolute atomic E-state index is 0.870. The number of ether oxygens (including phenoxy) is 1. The first-order valence-corrected chi connectivity index (χ1v) is 6.92. The second kappa shape index (κ2) is 12.0. The predicted octanol–water partition coefficient (Wildman–Crippen LogP) is 4.80. The van der Waals surface area contributed by atoms with Crippen LogP contribution in [-0.4, -0.2) is 13.2 Å². The highest BCUT2D eigenvalue weighted by Gasteiger charge is 2.06. The zero-order valence-corrected chi connectivity index (χ0v) is 11.1. The van der Waals surface area contributed by atoms with Gasteiger partial charge in [0.25, 0.3) is 0 Å². The standard InChI is InChI=1S/C14H30O/c1-4-7-8-9-11-14(10-5-2)12-13-15-6-3/h14H,4-13H2,1-3H3. The summed E-state index contributed by atoms with van der Waals surface area (Å²) in [4.78, 5) is 0. The molecule has 0 aromatic carbocycles. The molecule has 1 unspecified atom stereocenters. The zero-order chi connectivity index (χ0) is 11.4. The van der Waals surface area contributed by atoms with Gasteiger partial charge >= 0.3 is 0 Å². The van der Waals surface area contributed by atoms with E-state index in [-0.39, 0.29) is 0 Å². The molecule has 0 aromatic heterocycles. The third-order valence-electron chi connectivity index (χ3n) is 3.04.